The summed E-state index contributed by atoms with van der Waals surface area (Å²) in [6, 6.07) is 0. The summed E-state index contributed by atoms with van der Waals surface area (Å²) in [7, 11) is 0. The van der Waals surface area contributed by atoms with Crippen LogP contribution in [-0.2, 0) is 0 Å². The predicted molar refractivity (Wildman–Crippen MR) is 14.5 cm³/mol. The van der Waals surface area contributed by atoms with E-state index in [1.165, 1.54) is 0 Å². The normalized spacial score (nSPS) is 0. The second-order valence-electron chi connectivity index (χ2n) is 0. The molecule has 0 aliphatic rings. The van der Waals surface area contributed by atoms with Crippen molar-refractivity contribution in [1.82, 2.24) is 0 Å². The molecular weight excluding hydrogens is 129 g/mol. The Hall–Kier alpha value is 1.87. The quantitative estimate of drug-likeness (QED) is 0.289. The molecule has 0 nitrogen and oxygen atoms in total. The second-order valence-corrected chi connectivity index (χ2v) is 0. The van der Waals surface area contributed by atoms with Crippen molar-refractivity contribution in [2.45, 2.75) is 0 Å². The summed E-state index contributed by atoms with van der Waals surface area (Å²) in [6.45, 7) is 0. The van der Waals surface area contributed by atoms with E-state index in [4.69, 9.17) is 0 Å². The zero-order valence-corrected chi connectivity index (χ0v) is 6.58. The summed E-state index contributed by atoms with van der Waals surface area (Å²) < 4.78 is 0. The Bertz CT molecular complexity index is 3.25. The molecule has 0 aromatic rings. The molecule has 0 aromatic heterocycles. The molecule has 0 radical (unpaired) electrons. The first-order valence-electron chi connectivity index (χ1n) is 0. The van der Waals surface area contributed by atoms with Crippen LogP contribution in [0, 0.1) is 0 Å². The van der Waals surface area contributed by atoms with Crippen LogP contribution in [0.15, 0.2) is 0 Å². The molecule has 24 valence electrons. The van der Waals surface area contributed by atoms with Gasteiger partial charge in [-0.2, -0.15) is 0 Å². The van der Waals surface area contributed by atoms with Gasteiger partial charge in [0.1, 0.15) is 0 Å². The van der Waals surface area contributed by atoms with Crippen LogP contribution in [0.2, 0.25) is 0 Å². The Morgan fingerprint density at radius 1 is 0.750 bits per heavy atom. The number of hydrogen-bond acceptors (Lipinski definition) is 0. The van der Waals surface area contributed by atoms with Gasteiger partial charge in [-0.15, -0.1) is 24.8 Å². The average Bonchev–Trinajstić information content (AvgIpc) is 0. The monoisotopic (exact) mass is 130 g/mol. The van der Waals surface area contributed by atoms with Gasteiger partial charge in [-0.25, -0.2) is 0 Å². The van der Waals surface area contributed by atoms with E-state index in [0.717, 1.165) is 0 Å². The first kappa shape index (κ1) is 39.8. The van der Waals surface area contributed by atoms with Crippen molar-refractivity contribution >= 4 is 24.8 Å². The Morgan fingerprint density at radius 3 is 0.750 bits per heavy atom. The first-order valence-corrected chi connectivity index (χ1v) is 0. The number of rotatable bonds is 0. The molecule has 0 spiro atoms. The van der Waals surface area contributed by atoms with E-state index in [2.05, 4.69) is 0 Å². The maximum absolute atomic E-state index is 0. The number of hydrogen-bond donors (Lipinski definition) is 0. The summed E-state index contributed by atoms with van der Waals surface area (Å²) in [4.78, 5) is 0. The molecule has 0 saturated carbocycles. The van der Waals surface area contributed by atoms with Crippen LogP contribution in [0.1, 0.15) is 0 Å². The third-order valence-corrected chi connectivity index (χ3v) is 0. The minimum Gasteiger partial charge on any atom is -1.00 e. The summed E-state index contributed by atoms with van der Waals surface area (Å²) in [5.41, 5.74) is 0. The van der Waals surface area contributed by atoms with Crippen molar-refractivity contribution in [2.24, 2.45) is 0 Å². The summed E-state index contributed by atoms with van der Waals surface area (Å²) >= 11 is 0. The maximum Gasteiger partial charge on any atom is 1.00 e. The van der Waals surface area contributed by atoms with E-state index in [-0.39, 0.29) is 66.8 Å². The molecule has 0 saturated heterocycles. The Kier molecular flexibility index (Phi) is 208. The van der Waals surface area contributed by atoms with Crippen molar-refractivity contribution in [1.29, 1.82) is 0 Å². The minimum absolute atomic E-state index is 0. The topological polar surface area (TPSA) is 0 Å². The zero-order chi connectivity index (χ0) is 0. The van der Waals surface area contributed by atoms with Crippen LogP contribution in [0.3, 0.4) is 0 Å². The zero-order valence-electron chi connectivity index (χ0n) is 2.19. The van der Waals surface area contributed by atoms with Crippen LogP contribution in [0.5, 0.6) is 0 Å². The molecule has 0 fully saturated rings. The minimum atomic E-state index is 0. The molecule has 0 N–H and O–H groups in total. The van der Waals surface area contributed by atoms with Crippen LogP contribution < -0.4 is 42.0 Å². The fourth-order valence-corrected chi connectivity index (χ4v) is 0. The SMILES string of the molecule is Cl.Cl.[Cl-].[Na+]. The van der Waals surface area contributed by atoms with Gasteiger partial charge in [0, 0.05) is 0 Å². The van der Waals surface area contributed by atoms with Crippen LogP contribution in [0.4, 0.5) is 0 Å². The standard InChI is InChI=1S/3ClH.Na/h3*1H;/q;;;+1/p-1. The molecule has 0 unspecified atom stereocenters. The van der Waals surface area contributed by atoms with Gasteiger partial charge in [-0.05, 0) is 0 Å². The van der Waals surface area contributed by atoms with Gasteiger partial charge in [0.05, 0.1) is 0 Å². The molecule has 0 aliphatic carbocycles. The van der Waals surface area contributed by atoms with Crippen LogP contribution in [-0.4, -0.2) is 0 Å². The van der Waals surface area contributed by atoms with E-state index in [1.54, 1.807) is 0 Å². The van der Waals surface area contributed by atoms with Gasteiger partial charge in [0.2, 0.25) is 0 Å². The van der Waals surface area contributed by atoms with E-state index < -0.39 is 0 Å². The summed E-state index contributed by atoms with van der Waals surface area (Å²) in [5.74, 6) is 0. The number of halogens is 3. The molecule has 0 atom stereocenters. The van der Waals surface area contributed by atoms with Crippen molar-refractivity contribution in [3.05, 3.63) is 0 Å². The maximum atomic E-state index is 0. The van der Waals surface area contributed by atoms with Gasteiger partial charge in [0.15, 0.2) is 0 Å². The molecule has 0 amide bonds. The fraction of sp³-hybridized carbons (Fsp3) is 0. The summed E-state index contributed by atoms with van der Waals surface area (Å²) in [6.07, 6.45) is 0. The van der Waals surface area contributed by atoms with Gasteiger partial charge >= 0.3 is 29.6 Å². The largest absolute Gasteiger partial charge is 1.00 e. The van der Waals surface area contributed by atoms with E-state index in [1.807, 2.05) is 0 Å². The molecule has 0 aliphatic heterocycles. The smallest absolute Gasteiger partial charge is 1.00 e. The van der Waals surface area contributed by atoms with Crippen LogP contribution in [0.25, 0.3) is 0 Å². The van der Waals surface area contributed by atoms with Gasteiger partial charge in [-0.1, -0.05) is 0 Å². The van der Waals surface area contributed by atoms with Gasteiger partial charge in [0.25, 0.3) is 0 Å². The van der Waals surface area contributed by atoms with Gasteiger partial charge < -0.3 is 12.4 Å². The predicted octanol–water partition coefficient (Wildman–Crippen LogP) is -5.15. The van der Waals surface area contributed by atoms with E-state index in [0.29, 0.717) is 0 Å². The van der Waals surface area contributed by atoms with Crippen LogP contribution >= 0.6 is 24.8 Å². The van der Waals surface area contributed by atoms with Crippen molar-refractivity contribution in [2.75, 3.05) is 0 Å². The van der Waals surface area contributed by atoms with E-state index in [9.17, 15) is 0 Å². The Labute approximate surface area is 66.2 Å². The Morgan fingerprint density at radius 2 is 0.750 bits per heavy atom. The third-order valence-electron chi connectivity index (χ3n) is 0. The average molecular weight is 131 g/mol. The molecule has 0 bridgehead atoms. The summed E-state index contributed by atoms with van der Waals surface area (Å²) in [5, 5.41) is 0. The van der Waals surface area contributed by atoms with Crippen molar-refractivity contribution in [3.8, 4) is 0 Å². The molecular formula is H2Cl3Na. The molecule has 0 heterocycles. The third kappa shape index (κ3) is 9.12. The van der Waals surface area contributed by atoms with Gasteiger partial charge in [-0.3, -0.25) is 0 Å². The molecule has 0 rings (SSSR count). The second kappa shape index (κ2) is 20.9. The molecule has 0 aromatic carbocycles. The Balaban J connectivity index is 0. The first-order chi connectivity index (χ1) is 0. The van der Waals surface area contributed by atoms with Crippen molar-refractivity contribution in [3.63, 3.8) is 0 Å². The molecule has 4 heteroatoms. The van der Waals surface area contributed by atoms with E-state index >= 15 is 0 Å². The van der Waals surface area contributed by atoms with Crippen molar-refractivity contribution < 1.29 is 42.0 Å². The molecule has 4 heavy (non-hydrogen) atoms. The fourth-order valence-electron chi connectivity index (χ4n) is 0.